The van der Waals surface area contributed by atoms with E-state index in [9.17, 15) is 0 Å². The number of fused-ring (bicyclic) bond motifs is 3. The minimum Gasteiger partial charge on any atom is -0.256 e. The van der Waals surface area contributed by atoms with Gasteiger partial charge in [0.25, 0.3) is 0 Å². The van der Waals surface area contributed by atoms with Crippen molar-refractivity contribution in [3.05, 3.63) is 77.0 Å². The SMILES string of the molecule is Cc1ccc(-c2ccc3c(c2)C(C)(C)c2cccc(C)c2-3)nc1. The summed E-state index contributed by atoms with van der Waals surface area (Å²) in [4.78, 5) is 4.59. The van der Waals surface area contributed by atoms with Crippen molar-refractivity contribution in [3.8, 4) is 22.4 Å². The average Bonchev–Trinajstić information content (AvgIpc) is 2.77. The number of rotatable bonds is 1. The van der Waals surface area contributed by atoms with Crippen LogP contribution in [0.5, 0.6) is 0 Å². The van der Waals surface area contributed by atoms with Gasteiger partial charge in [0.2, 0.25) is 0 Å². The third-order valence-electron chi connectivity index (χ3n) is 5.12. The lowest BCUT2D eigenvalue weighted by atomic mass is 9.81. The van der Waals surface area contributed by atoms with E-state index in [1.54, 1.807) is 0 Å². The highest BCUT2D eigenvalue weighted by atomic mass is 14.7. The molecule has 0 N–H and O–H groups in total. The Bertz CT molecular complexity index is 902. The maximum Gasteiger partial charge on any atom is 0.0702 e. The van der Waals surface area contributed by atoms with Crippen molar-refractivity contribution < 1.29 is 0 Å². The summed E-state index contributed by atoms with van der Waals surface area (Å²) < 4.78 is 0. The van der Waals surface area contributed by atoms with Gasteiger partial charge in [0, 0.05) is 17.2 Å². The lowest BCUT2D eigenvalue weighted by molar-refractivity contribution is 0.660. The first-order chi connectivity index (χ1) is 11.0. The first-order valence-electron chi connectivity index (χ1n) is 8.16. The predicted molar refractivity (Wildman–Crippen MR) is 96.7 cm³/mol. The van der Waals surface area contributed by atoms with Gasteiger partial charge in [0.1, 0.15) is 0 Å². The van der Waals surface area contributed by atoms with Crippen molar-refractivity contribution >= 4 is 0 Å². The Morgan fingerprint density at radius 1 is 0.870 bits per heavy atom. The van der Waals surface area contributed by atoms with Gasteiger partial charge in [-0.15, -0.1) is 0 Å². The summed E-state index contributed by atoms with van der Waals surface area (Å²) in [5.74, 6) is 0. The van der Waals surface area contributed by atoms with Gasteiger partial charge in [-0.05, 0) is 59.4 Å². The second-order valence-corrected chi connectivity index (χ2v) is 7.10. The van der Waals surface area contributed by atoms with Crippen molar-refractivity contribution in [1.82, 2.24) is 4.98 Å². The normalized spacial score (nSPS) is 14.4. The topological polar surface area (TPSA) is 12.9 Å². The molecular formula is C22H21N. The number of hydrogen-bond donors (Lipinski definition) is 0. The molecule has 0 radical (unpaired) electrons. The summed E-state index contributed by atoms with van der Waals surface area (Å²) in [6.45, 7) is 8.92. The fraction of sp³-hybridized carbons (Fsp3) is 0.227. The molecule has 0 bridgehead atoms. The van der Waals surface area contributed by atoms with E-state index in [4.69, 9.17) is 0 Å². The molecule has 0 atom stereocenters. The zero-order chi connectivity index (χ0) is 16.2. The molecule has 0 saturated carbocycles. The van der Waals surface area contributed by atoms with Gasteiger partial charge in [-0.1, -0.05) is 50.2 Å². The molecule has 1 nitrogen and oxygen atoms in total. The van der Waals surface area contributed by atoms with Crippen molar-refractivity contribution in [3.63, 3.8) is 0 Å². The zero-order valence-corrected chi connectivity index (χ0v) is 14.1. The minimum absolute atomic E-state index is 0.0391. The Hall–Kier alpha value is -2.41. The number of benzene rings is 2. The molecule has 2 aromatic carbocycles. The highest BCUT2D eigenvalue weighted by Gasteiger charge is 2.36. The third kappa shape index (κ3) is 2.03. The van der Waals surface area contributed by atoms with Crippen LogP contribution < -0.4 is 0 Å². The summed E-state index contributed by atoms with van der Waals surface area (Å²) in [6, 6.07) is 17.7. The predicted octanol–water partition coefficient (Wildman–Crippen LogP) is 5.67. The van der Waals surface area contributed by atoms with E-state index in [1.165, 1.54) is 38.9 Å². The summed E-state index contributed by atoms with van der Waals surface area (Å²) in [5, 5.41) is 0. The van der Waals surface area contributed by atoms with E-state index in [1.807, 2.05) is 6.20 Å². The van der Waals surface area contributed by atoms with Crippen LogP contribution in [0.1, 0.15) is 36.1 Å². The van der Waals surface area contributed by atoms with Crippen LogP contribution in [0.25, 0.3) is 22.4 Å². The van der Waals surface area contributed by atoms with E-state index in [0.29, 0.717) is 0 Å². The molecule has 1 heteroatoms. The highest BCUT2D eigenvalue weighted by molar-refractivity contribution is 5.85. The van der Waals surface area contributed by atoms with Gasteiger partial charge >= 0.3 is 0 Å². The Balaban J connectivity index is 1.93. The fourth-order valence-electron chi connectivity index (χ4n) is 3.77. The molecular weight excluding hydrogens is 278 g/mol. The first kappa shape index (κ1) is 14.2. The minimum atomic E-state index is 0.0391. The van der Waals surface area contributed by atoms with Gasteiger partial charge in [0.05, 0.1) is 5.69 Å². The van der Waals surface area contributed by atoms with Crippen LogP contribution in [-0.2, 0) is 5.41 Å². The van der Waals surface area contributed by atoms with Gasteiger partial charge in [-0.25, -0.2) is 0 Å². The number of aromatic nitrogens is 1. The van der Waals surface area contributed by atoms with E-state index in [0.717, 1.165) is 5.69 Å². The molecule has 0 spiro atoms. The lowest BCUT2D eigenvalue weighted by Crippen LogP contribution is -2.15. The Labute approximate surface area is 138 Å². The summed E-state index contributed by atoms with van der Waals surface area (Å²) in [6.07, 6.45) is 1.94. The first-order valence-corrected chi connectivity index (χ1v) is 8.16. The third-order valence-corrected chi connectivity index (χ3v) is 5.12. The van der Waals surface area contributed by atoms with Crippen LogP contribution in [0.15, 0.2) is 54.7 Å². The highest BCUT2D eigenvalue weighted by Crippen LogP contribution is 2.50. The zero-order valence-electron chi connectivity index (χ0n) is 14.1. The second kappa shape index (κ2) is 4.79. The monoisotopic (exact) mass is 299 g/mol. The maximum absolute atomic E-state index is 4.59. The smallest absolute Gasteiger partial charge is 0.0702 e. The van der Waals surface area contributed by atoms with E-state index in [-0.39, 0.29) is 5.41 Å². The quantitative estimate of drug-likeness (QED) is 0.564. The Kier molecular flexibility index (Phi) is 2.96. The molecule has 1 aliphatic carbocycles. The largest absolute Gasteiger partial charge is 0.256 e. The van der Waals surface area contributed by atoms with Gasteiger partial charge in [-0.3, -0.25) is 4.98 Å². The van der Waals surface area contributed by atoms with Crippen LogP contribution in [0.3, 0.4) is 0 Å². The van der Waals surface area contributed by atoms with Gasteiger partial charge in [0.15, 0.2) is 0 Å². The average molecular weight is 299 g/mol. The molecule has 3 aromatic rings. The molecule has 4 rings (SSSR count). The maximum atomic E-state index is 4.59. The van der Waals surface area contributed by atoms with Crippen molar-refractivity contribution in [2.24, 2.45) is 0 Å². The van der Waals surface area contributed by atoms with Crippen LogP contribution in [0.4, 0.5) is 0 Å². The van der Waals surface area contributed by atoms with Gasteiger partial charge < -0.3 is 0 Å². The van der Waals surface area contributed by atoms with Crippen LogP contribution in [0.2, 0.25) is 0 Å². The second-order valence-electron chi connectivity index (χ2n) is 7.10. The van der Waals surface area contributed by atoms with E-state index < -0.39 is 0 Å². The number of hydrogen-bond acceptors (Lipinski definition) is 1. The Morgan fingerprint density at radius 2 is 1.70 bits per heavy atom. The fourth-order valence-corrected chi connectivity index (χ4v) is 3.77. The van der Waals surface area contributed by atoms with E-state index >= 15 is 0 Å². The molecule has 114 valence electrons. The molecule has 1 aliphatic rings. The van der Waals surface area contributed by atoms with Crippen molar-refractivity contribution in [2.75, 3.05) is 0 Å². The van der Waals surface area contributed by atoms with Crippen LogP contribution in [-0.4, -0.2) is 4.98 Å². The molecule has 23 heavy (non-hydrogen) atoms. The standard InChI is InChI=1S/C22H21N/c1-14-8-11-20(23-13-14)16-9-10-17-19(12-16)22(3,4)18-7-5-6-15(2)21(17)18/h5-13H,1-4H3. The summed E-state index contributed by atoms with van der Waals surface area (Å²) in [5.41, 5.74) is 10.5. The number of pyridine rings is 1. The number of aryl methyl sites for hydroxylation is 2. The van der Waals surface area contributed by atoms with Crippen molar-refractivity contribution in [2.45, 2.75) is 33.1 Å². The summed E-state index contributed by atoms with van der Waals surface area (Å²) in [7, 11) is 0. The summed E-state index contributed by atoms with van der Waals surface area (Å²) >= 11 is 0. The van der Waals surface area contributed by atoms with Gasteiger partial charge in [-0.2, -0.15) is 0 Å². The van der Waals surface area contributed by atoms with Crippen molar-refractivity contribution in [1.29, 1.82) is 0 Å². The molecule has 0 unspecified atom stereocenters. The van der Waals surface area contributed by atoms with Crippen LogP contribution >= 0.6 is 0 Å². The molecule has 0 amide bonds. The molecule has 0 aliphatic heterocycles. The molecule has 1 aromatic heterocycles. The molecule has 0 fully saturated rings. The Morgan fingerprint density at radius 3 is 2.43 bits per heavy atom. The van der Waals surface area contributed by atoms with Crippen LogP contribution in [0, 0.1) is 13.8 Å². The lowest BCUT2D eigenvalue weighted by Gasteiger charge is -2.22. The van der Waals surface area contributed by atoms with E-state index in [2.05, 4.69) is 81.2 Å². The molecule has 1 heterocycles. The molecule has 0 saturated heterocycles. The number of nitrogens with zero attached hydrogens (tertiary/aromatic N) is 1.